The Morgan fingerprint density at radius 3 is 1.69 bits per heavy atom. The van der Waals surface area contributed by atoms with Crippen molar-refractivity contribution in [2.45, 2.75) is 6.92 Å². The van der Waals surface area contributed by atoms with E-state index < -0.39 is 0 Å². The summed E-state index contributed by atoms with van der Waals surface area (Å²) in [4.78, 5) is 0. The molecule has 13 heavy (non-hydrogen) atoms. The molecule has 0 saturated carbocycles. The largest absolute Gasteiger partial charge is 0.161 e. The van der Waals surface area contributed by atoms with Crippen LogP contribution in [0.2, 0.25) is 0 Å². The molecule has 5 heteroatoms. The van der Waals surface area contributed by atoms with Crippen LogP contribution in [0.4, 0.5) is 0 Å². The van der Waals surface area contributed by atoms with E-state index in [1.165, 1.54) is 40.3 Å². The first-order valence-corrected chi connectivity index (χ1v) is 9.91. The lowest BCUT2D eigenvalue weighted by molar-refractivity contribution is 1.45. The second kappa shape index (κ2) is 13.8. The van der Waals surface area contributed by atoms with Gasteiger partial charge in [0.2, 0.25) is 0 Å². The Morgan fingerprint density at radius 1 is 0.769 bits per heavy atom. The fraction of sp³-hybridized carbons (Fsp3) is 1.00. The Morgan fingerprint density at radius 2 is 1.23 bits per heavy atom. The predicted octanol–water partition coefficient (Wildman–Crippen LogP) is 3.78. The SMILES string of the molecule is CCSCCSCCSCCSS. The molecule has 0 heterocycles. The smallest absolute Gasteiger partial charge is 0.0125 e. The van der Waals surface area contributed by atoms with Gasteiger partial charge in [-0.2, -0.15) is 35.3 Å². The molecule has 0 nitrogen and oxygen atoms in total. The van der Waals surface area contributed by atoms with Gasteiger partial charge in [0.05, 0.1) is 0 Å². The fourth-order valence-corrected chi connectivity index (χ4v) is 4.70. The Hall–Kier alpha value is 1.75. The van der Waals surface area contributed by atoms with E-state index in [-0.39, 0.29) is 0 Å². The van der Waals surface area contributed by atoms with Gasteiger partial charge < -0.3 is 0 Å². The lowest BCUT2D eigenvalue weighted by atomic mass is 10.9. The summed E-state index contributed by atoms with van der Waals surface area (Å²) in [5.74, 6) is 8.93. The van der Waals surface area contributed by atoms with Crippen LogP contribution in [0, 0.1) is 0 Å². The van der Waals surface area contributed by atoms with E-state index in [1.54, 1.807) is 10.8 Å². The summed E-state index contributed by atoms with van der Waals surface area (Å²) >= 11 is 10.3. The average Bonchev–Trinajstić information content (AvgIpc) is 2.16. The topological polar surface area (TPSA) is 0 Å². The average molecular weight is 275 g/mol. The van der Waals surface area contributed by atoms with E-state index in [9.17, 15) is 0 Å². The zero-order chi connectivity index (χ0) is 9.78. The Bertz CT molecular complexity index is 78.6. The van der Waals surface area contributed by atoms with Crippen LogP contribution in [0.1, 0.15) is 6.92 Å². The van der Waals surface area contributed by atoms with E-state index in [1.807, 2.05) is 23.5 Å². The minimum Gasteiger partial charge on any atom is -0.161 e. The second-order valence-electron chi connectivity index (χ2n) is 2.25. The van der Waals surface area contributed by atoms with Gasteiger partial charge >= 0.3 is 0 Å². The van der Waals surface area contributed by atoms with Crippen molar-refractivity contribution in [1.82, 2.24) is 0 Å². The van der Waals surface area contributed by atoms with Gasteiger partial charge in [0.15, 0.2) is 0 Å². The standard InChI is InChI=1S/C8H18S5/c1-2-10-3-4-11-5-6-12-7-8-13-9/h9H,2-8H2,1H3. The van der Waals surface area contributed by atoms with Gasteiger partial charge in [0.1, 0.15) is 0 Å². The third kappa shape index (κ3) is 13.8. The highest BCUT2D eigenvalue weighted by Gasteiger charge is 1.91. The normalized spacial score (nSPS) is 10.6. The summed E-state index contributed by atoms with van der Waals surface area (Å²) in [6.07, 6.45) is 0. The van der Waals surface area contributed by atoms with Gasteiger partial charge in [0, 0.05) is 34.5 Å². The van der Waals surface area contributed by atoms with E-state index >= 15 is 0 Å². The van der Waals surface area contributed by atoms with E-state index in [4.69, 9.17) is 0 Å². The minimum atomic E-state index is 1.17. The molecule has 80 valence electrons. The molecule has 0 atom stereocenters. The van der Waals surface area contributed by atoms with Crippen LogP contribution in [0.15, 0.2) is 0 Å². The summed E-state index contributed by atoms with van der Waals surface area (Å²) in [5.41, 5.74) is 0. The first-order chi connectivity index (χ1) is 6.41. The molecule has 0 fully saturated rings. The molecule has 0 aliphatic heterocycles. The van der Waals surface area contributed by atoms with Crippen LogP contribution in [-0.2, 0) is 0 Å². The lowest BCUT2D eigenvalue weighted by Crippen LogP contribution is -1.91. The first kappa shape index (κ1) is 14.8. The maximum Gasteiger partial charge on any atom is 0.0125 e. The number of thioether (sulfide) groups is 3. The van der Waals surface area contributed by atoms with Crippen molar-refractivity contribution < 1.29 is 0 Å². The molecule has 0 aliphatic rings. The van der Waals surface area contributed by atoms with Crippen LogP contribution < -0.4 is 0 Å². The van der Waals surface area contributed by atoms with Crippen LogP contribution in [-0.4, -0.2) is 40.3 Å². The zero-order valence-electron chi connectivity index (χ0n) is 8.03. The highest BCUT2D eigenvalue weighted by atomic mass is 33.1. The molecule has 0 bridgehead atoms. The third-order valence-electron chi connectivity index (χ3n) is 1.27. The van der Waals surface area contributed by atoms with Crippen molar-refractivity contribution in [3.8, 4) is 0 Å². The summed E-state index contributed by atoms with van der Waals surface area (Å²) in [6, 6.07) is 0. The lowest BCUT2D eigenvalue weighted by Gasteiger charge is -2.00. The fourth-order valence-electron chi connectivity index (χ4n) is 0.680. The molecule has 0 amide bonds. The van der Waals surface area contributed by atoms with Gasteiger partial charge in [-0.3, -0.25) is 0 Å². The molecule has 0 saturated heterocycles. The zero-order valence-corrected chi connectivity index (χ0v) is 12.2. The second-order valence-corrected chi connectivity index (χ2v) is 7.54. The summed E-state index contributed by atoms with van der Waals surface area (Å²) in [7, 11) is 1.64. The Labute approximate surface area is 104 Å². The first-order valence-electron chi connectivity index (χ1n) is 4.41. The molecule has 0 radical (unpaired) electrons. The highest BCUT2D eigenvalue weighted by Crippen LogP contribution is 2.12. The maximum absolute atomic E-state index is 4.10. The van der Waals surface area contributed by atoms with Crippen LogP contribution in [0.3, 0.4) is 0 Å². The molecule has 0 unspecified atom stereocenters. The molecule has 0 N–H and O–H groups in total. The summed E-state index contributed by atoms with van der Waals surface area (Å²) in [5, 5.41) is 0. The monoisotopic (exact) mass is 274 g/mol. The van der Waals surface area contributed by atoms with Crippen molar-refractivity contribution in [1.29, 1.82) is 0 Å². The van der Waals surface area contributed by atoms with Gasteiger partial charge in [0.25, 0.3) is 0 Å². The number of rotatable bonds is 10. The van der Waals surface area contributed by atoms with Crippen LogP contribution in [0.5, 0.6) is 0 Å². The molecular weight excluding hydrogens is 256 g/mol. The Balaban J connectivity index is 2.76. The number of hydrogen-bond acceptors (Lipinski definition) is 5. The Kier molecular flexibility index (Phi) is 15.6. The molecule has 0 aliphatic carbocycles. The highest BCUT2D eigenvalue weighted by molar-refractivity contribution is 8.68. The van der Waals surface area contributed by atoms with Crippen molar-refractivity contribution >= 4 is 57.7 Å². The summed E-state index contributed by atoms with van der Waals surface area (Å²) in [6.45, 7) is 2.22. The number of thiol groups is 1. The van der Waals surface area contributed by atoms with Crippen molar-refractivity contribution in [2.24, 2.45) is 0 Å². The quantitative estimate of drug-likeness (QED) is 0.365. The van der Waals surface area contributed by atoms with E-state index in [0.717, 1.165) is 0 Å². The van der Waals surface area contributed by atoms with Gasteiger partial charge in [-0.05, 0) is 5.75 Å². The third-order valence-corrected chi connectivity index (χ3v) is 5.85. The van der Waals surface area contributed by atoms with Crippen molar-refractivity contribution in [2.75, 3.05) is 40.3 Å². The van der Waals surface area contributed by atoms with Gasteiger partial charge in [-0.15, -0.1) is 11.7 Å². The van der Waals surface area contributed by atoms with E-state index in [0.29, 0.717) is 0 Å². The molecule has 0 aromatic rings. The molecule has 0 aromatic carbocycles. The van der Waals surface area contributed by atoms with Crippen LogP contribution >= 0.6 is 57.7 Å². The number of hydrogen-bond donors (Lipinski definition) is 1. The van der Waals surface area contributed by atoms with Crippen molar-refractivity contribution in [3.05, 3.63) is 0 Å². The van der Waals surface area contributed by atoms with Crippen LogP contribution in [0.25, 0.3) is 0 Å². The molecule has 0 aromatic heterocycles. The molecular formula is C8H18S5. The molecule has 0 spiro atoms. The summed E-state index contributed by atoms with van der Waals surface area (Å²) < 4.78 is 0. The van der Waals surface area contributed by atoms with Gasteiger partial charge in [-0.25, -0.2) is 0 Å². The van der Waals surface area contributed by atoms with Gasteiger partial charge in [-0.1, -0.05) is 17.7 Å². The van der Waals surface area contributed by atoms with Crippen molar-refractivity contribution in [3.63, 3.8) is 0 Å². The maximum atomic E-state index is 4.10. The minimum absolute atomic E-state index is 1.17. The van der Waals surface area contributed by atoms with E-state index in [2.05, 4.69) is 30.3 Å². The predicted molar refractivity (Wildman–Crippen MR) is 79.1 cm³/mol. The molecule has 0 rings (SSSR count).